The summed E-state index contributed by atoms with van der Waals surface area (Å²) >= 11 is 0. The van der Waals surface area contributed by atoms with Crippen molar-refractivity contribution in [2.45, 2.75) is 11.3 Å². The van der Waals surface area contributed by atoms with Crippen LogP contribution >= 0.6 is 0 Å². The molecule has 0 aliphatic carbocycles. The van der Waals surface area contributed by atoms with Gasteiger partial charge in [0.2, 0.25) is 10.0 Å². The second-order valence-corrected chi connectivity index (χ2v) is 8.52. The number of alkyl halides is 3. The van der Waals surface area contributed by atoms with Gasteiger partial charge in [0.25, 0.3) is 5.56 Å². The third-order valence-corrected chi connectivity index (χ3v) is 6.05. The highest BCUT2D eigenvalue weighted by Gasteiger charge is 2.31. The number of pyridine rings is 1. The van der Waals surface area contributed by atoms with Crippen LogP contribution in [0.4, 0.5) is 13.2 Å². The van der Waals surface area contributed by atoms with Crippen molar-refractivity contribution in [3.8, 4) is 11.4 Å². The van der Waals surface area contributed by atoms with Crippen molar-refractivity contribution in [3.63, 3.8) is 0 Å². The van der Waals surface area contributed by atoms with Gasteiger partial charge in [-0.25, -0.2) is 13.1 Å². The van der Waals surface area contributed by atoms with Gasteiger partial charge in [-0.05, 0) is 49.5 Å². The zero-order chi connectivity index (χ0) is 22.6. The first-order valence-electron chi connectivity index (χ1n) is 8.82. The minimum absolute atomic E-state index is 0.0198. The summed E-state index contributed by atoms with van der Waals surface area (Å²) in [5, 5.41) is 4.90. The maximum absolute atomic E-state index is 13.2. The second kappa shape index (κ2) is 7.10. The van der Waals surface area contributed by atoms with E-state index in [1.807, 2.05) is 0 Å². The number of aryl methyl sites for hydroxylation is 1. The van der Waals surface area contributed by atoms with Gasteiger partial charge >= 0.3 is 6.36 Å². The van der Waals surface area contributed by atoms with E-state index in [-0.39, 0.29) is 16.0 Å². The van der Waals surface area contributed by atoms with Crippen LogP contribution in [-0.2, 0) is 17.1 Å². The zero-order valence-corrected chi connectivity index (χ0v) is 17.0. The van der Waals surface area contributed by atoms with Crippen LogP contribution < -0.4 is 15.0 Å². The molecule has 2 aromatic heterocycles. The summed E-state index contributed by atoms with van der Waals surface area (Å²) in [5.74, 6) is -0.432. The van der Waals surface area contributed by atoms with Gasteiger partial charge in [0.05, 0.1) is 15.8 Å². The molecule has 0 aliphatic rings. The molecule has 162 valence electrons. The Morgan fingerprint density at radius 2 is 1.74 bits per heavy atom. The molecule has 31 heavy (non-hydrogen) atoms. The fraction of sp³-hybridized carbons (Fsp3) is 0.158. The molecule has 4 rings (SSSR count). The number of ether oxygens (including phenoxy) is 1. The first-order chi connectivity index (χ1) is 14.5. The quantitative estimate of drug-likeness (QED) is 0.514. The Morgan fingerprint density at radius 1 is 1.06 bits per heavy atom. The molecule has 0 spiro atoms. The second-order valence-electron chi connectivity index (χ2n) is 6.63. The van der Waals surface area contributed by atoms with Crippen LogP contribution in [0.1, 0.15) is 0 Å². The molecule has 0 radical (unpaired) electrons. The number of benzene rings is 2. The Balaban J connectivity index is 2.00. The number of nitrogens with one attached hydrogen (secondary N) is 1. The molecule has 0 fully saturated rings. The molecular weight excluding hydrogens is 437 g/mol. The number of aromatic nitrogens is 3. The van der Waals surface area contributed by atoms with Gasteiger partial charge in [0.1, 0.15) is 11.3 Å². The summed E-state index contributed by atoms with van der Waals surface area (Å²) < 4.78 is 70.6. The fourth-order valence-corrected chi connectivity index (χ4v) is 4.07. The third kappa shape index (κ3) is 3.75. The van der Waals surface area contributed by atoms with Gasteiger partial charge in [-0.2, -0.15) is 5.10 Å². The van der Waals surface area contributed by atoms with Crippen molar-refractivity contribution in [2.75, 3.05) is 7.05 Å². The third-order valence-electron chi connectivity index (χ3n) is 4.63. The molecule has 0 bridgehead atoms. The number of hydrogen-bond donors (Lipinski definition) is 1. The standard InChI is InChI=1S/C19H15F3N4O4S/c1-23-31(28,29)13-7-8-16-14(9-13)17-15(10-25(2)24-17)18(27)26(16)11-3-5-12(6-4-11)30-19(20,21)22/h3-10,23H,1-2H3. The highest BCUT2D eigenvalue weighted by Crippen LogP contribution is 2.28. The minimum atomic E-state index is -4.84. The first kappa shape index (κ1) is 20.9. The molecule has 0 atom stereocenters. The monoisotopic (exact) mass is 452 g/mol. The number of sulfonamides is 1. The van der Waals surface area contributed by atoms with E-state index in [4.69, 9.17) is 0 Å². The maximum atomic E-state index is 13.2. The molecule has 2 heterocycles. The van der Waals surface area contributed by atoms with Crippen molar-refractivity contribution < 1.29 is 26.3 Å². The van der Waals surface area contributed by atoms with Crippen LogP contribution in [0.25, 0.3) is 27.5 Å². The van der Waals surface area contributed by atoms with E-state index in [0.717, 1.165) is 12.1 Å². The van der Waals surface area contributed by atoms with Crippen LogP contribution in [0, 0.1) is 0 Å². The lowest BCUT2D eigenvalue weighted by Crippen LogP contribution is -2.21. The Kier molecular flexibility index (Phi) is 4.78. The molecule has 4 aromatic rings. The Hall–Kier alpha value is -3.38. The van der Waals surface area contributed by atoms with Gasteiger partial charge in [-0.3, -0.25) is 14.0 Å². The predicted octanol–water partition coefficient (Wildman–Crippen LogP) is 2.68. The molecule has 0 amide bonds. The van der Waals surface area contributed by atoms with E-state index in [0.29, 0.717) is 16.4 Å². The van der Waals surface area contributed by atoms with E-state index in [1.165, 1.54) is 52.8 Å². The average Bonchev–Trinajstić information content (AvgIpc) is 3.10. The largest absolute Gasteiger partial charge is 0.573 e. The smallest absolute Gasteiger partial charge is 0.406 e. The summed E-state index contributed by atoms with van der Waals surface area (Å²) in [6, 6.07) is 8.98. The van der Waals surface area contributed by atoms with E-state index in [2.05, 4.69) is 14.6 Å². The molecular formula is C19H15F3N4O4S. The van der Waals surface area contributed by atoms with Crippen molar-refractivity contribution in [1.29, 1.82) is 0 Å². The van der Waals surface area contributed by atoms with E-state index < -0.39 is 27.7 Å². The van der Waals surface area contributed by atoms with Crippen molar-refractivity contribution in [2.24, 2.45) is 7.05 Å². The van der Waals surface area contributed by atoms with Crippen molar-refractivity contribution >= 4 is 31.8 Å². The van der Waals surface area contributed by atoms with Gasteiger partial charge in [-0.1, -0.05) is 0 Å². The minimum Gasteiger partial charge on any atom is -0.406 e. The van der Waals surface area contributed by atoms with Gasteiger partial charge in [-0.15, -0.1) is 13.2 Å². The molecule has 0 unspecified atom stereocenters. The van der Waals surface area contributed by atoms with Crippen LogP contribution in [0.15, 0.2) is 58.4 Å². The zero-order valence-electron chi connectivity index (χ0n) is 16.1. The molecule has 8 nitrogen and oxygen atoms in total. The maximum Gasteiger partial charge on any atom is 0.573 e. The lowest BCUT2D eigenvalue weighted by Gasteiger charge is -2.14. The summed E-state index contributed by atoms with van der Waals surface area (Å²) in [6.45, 7) is 0. The number of nitrogens with zero attached hydrogens (tertiary/aromatic N) is 3. The lowest BCUT2D eigenvalue weighted by molar-refractivity contribution is -0.274. The SMILES string of the molecule is CNS(=O)(=O)c1ccc2c(c1)c1nn(C)cc1c(=O)n2-c1ccc(OC(F)(F)F)cc1. The van der Waals surface area contributed by atoms with Crippen LogP contribution in [0.5, 0.6) is 5.75 Å². The highest BCUT2D eigenvalue weighted by molar-refractivity contribution is 7.89. The van der Waals surface area contributed by atoms with Crippen LogP contribution in [-0.4, -0.2) is 36.2 Å². The summed E-state index contributed by atoms with van der Waals surface area (Å²) in [6.07, 6.45) is -3.34. The molecule has 1 N–H and O–H groups in total. The van der Waals surface area contributed by atoms with E-state index in [1.54, 1.807) is 7.05 Å². The molecule has 0 saturated heterocycles. The van der Waals surface area contributed by atoms with E-state index in [9.17, 15) is 26.4 Å². The van der Waals surface area contributed by atoms with Crippen LogP contribution in [0.3, 0.4) is 0 Å². The average molecular weight is 452 g/mol. The highest BCUT2D eigenvalue weighted by atomic mass is 32.2. The summed E-state index contributed by atoms with van der Waals surface area (Å²) in [5.41, 5.74) is 0.475. The summed E-state index contributed by atoms with van der Waals surface area (Å²) in [4.78, 5) is 13.2. The number of hydrogen-bond acceptors (Lipinski definition) is 5. The van der Waals surface area contributed by atoms with Crippen LogP contribution in [0.2, 0.25) is 0 Å². The Bertz CT molecular complexity index is 1470. The fourth-order valence-electron chi connectivity index (χ4n) is 3.31. The van der Waals surface area contributed by atoms with Crippen molar-refractivity contribution in [3.05, 3.63) is 59.0 Å². The lowest BCUT2D eigenvalue weighted by atomic mass is 10.1. The van der Waals surface area contributed by atoms with Gasteiger partial charge < -0.3 is 4.74 Å². The van der Waals surface area contributed by atoms with E-state index >= 15 is 0 Å². The van der Waals surface area contributed by atoms with Crippen molar-refractivity contribution in [1.82, 2.24) is 19.1 Å². The Labute approximate surface area is 173 Å². The number of halogens is 3. The Morgan fingerprint density at radius 3 is 2.35 bits per heavy atom. The number of fused-ring (bicyclic) bond motifs is 3. The molecule has 0 aliphatic heterocycles. The summed E-state index contributed by atoms with van der Waals surface area (Å²) in [7, 11) is -0.860. The normalized spacial score (nSPS) is 12.5. The van der Waals surface area contributed by atoms with Gasteiger partial charge in [0.15, 0.2) is 0 Å². The molecule has 2 aromatic carbocycles. The predicted molar refractivity (Wildman–Crippen MR) is 107 cm³/mol. The first-order valence-corrected chi connectivity index (χ1v) is 10.3. The topological polar surface area (TPSA) is 95.2 Å². The molecule has 12 heteroatoms. The molecule has 0 saturated carbocycles. The number of rotatable bonds is 4. The van der Waals surface area contributed by atoms with Gasteiger partial charge in [0, 0.05) is 24.3 Å².